The molecule has 1 heteroatoms. The Labute approximate surface area is 80.5 Å². The van der Waals surface area contributed by atoms with E-state index >= 15 is 0 Å². The quantitative estimate of drug-likeness (QED) is 0.618. The molecule has 0 atom stereocenters. The van der Waals surface area contributed by atoms with E-state index in [-0.39, 0.29) is 0 Å². The third-order valence-electron chi connectivity index (χ3n) is 2.04. The molecular formula is C12H17N. The average molecular weight is 175 g/mol. The number of rotatable bonds is 3. The maximum atomic E-state index is 4.56. The van der Waals surface area contributed by atoms with Gasteiger partial charge in [-0.1, -0.05) is 31.5 Å². The lowest BCUT2D eigenvalue weighted by Crippen LogP contribution is -1.88. The first kappa shape index (κ1) is 9.97. The molecule has 70 valence electrons. The molecule has 0 aliphatic rings. The number of nitrogens with zero attached hydrogens (tertiary/aromatic N) is 1. The van der Waals surface area contributed by atoms with Crippen molar-refractivity contribution in [3.8, 4) is 0 Å². The summed E-state index contributed by atoms with van der Waals surface area (Å²) < 4.78 is 0. The zero-order valence-corrected chi connectivity index (χ0v) is 8.67. The van der Waals surface area contributed by atoms with Crippen molar-refractivity contribution < 1.29 is 0 Å². The molecule has 1 aromatic rings. The largest absolute Gasteiger partial charge is 0.258 e. The highest BCUT2D eigenvalue weighted by molar-refractivity contribution is 5.84. The van der Waals surface area contributed by atoms with E-state index in [0.29, 0.717) is 0 Å². The van der Waals surface area contributed by atoms with Crippen LogP contribution in [0.2, 0.25) is 0 Å². The topological polar surface area (TPSA) is 12.4 Å². The summed E-state index contributed by atoms with van der Waals surface area (Å²) in [6.07, 6.45) is 2.26. The number of aliphatic imine (C=N–C) groups is 1. The van der Waals surface area contributed by atoms with E-state index in [9.17, 15) is 0 Å². The van der Waals surface area contributed by atoms with Gasteiger partial charge in [-0.25, -0.2) is 0 Å². The molecule has 0 N–H and O–H groups in total. The van der Waals surface area contributed by atoms with Crippen LogP contribution in [-0.4, -0.2) is 5.71 Å². The van der Waals surface area contributed by atoms with E-state index in [0.717, 1.165) is 12.1 Å². The highest BCUT2D eigenvalue weighted by Gasteiger charge is 1.94. The van der Waals surface area contributed by atoms with E-state index in [1.807, 2.05) is 12.1 Å². The lowest BCUT2D eigenvalue weighted by molar-refractivity contribution is 0.987. The van der Waals surface area contributed by atoms with Gasteiger partial charge in [0.05, 0.1) is 5.69 Å². The number of aryl methyl sites for hydroxylation is 1. The van der Waals surface area contributed by atoms with E-state index in [2.05, 4.69) is 37.9 Å². The van der Waals surface area contributed by atoms with Crippen molar-refractivity contribution in [2.24, 2.45) is 4.99 Å². The summed E-state index contributed by atoms with van der Waals surface area (Å²) in [4.78, 5) is 4.56. The second-order valence-electron chi connectivity index (χ2n) is 3.38. The van der Waals surface area contributed by atoms with E-state index in [1.54, 1.807) is 0 Å². The minimum atomic E-state index is 1.09. The maximum Gasteiger partial charge on any atom is 0.0658 e. The Balaban J connectivity index is 2.84. The van der Waals surface area contributed by atoms with Crippen molar-refractivity contribution in [1.82, 2.24) is 0 Å². The van der Waals surface area contributed by atoms with Gasteiger partial charge in [0.15, 0.2) is 0 Å². The van der Waals surface area contributed by atoms with Gasteiger partial charge in [0.1, 0.15) is 0 Å². The van der Waals surface area contributed by atoms with Crippen molar-refractivity contribution in [2.75, 3.05) is 0 Å². The monoisotopic (exact) mass is 175 g/mol. The molecule has 0 saturated carbocycles. The summed E-state index contributed by atoms with van der Waals surface area (Å²) in [5, 5.41) is 0. The van der Waals surface area contributed by atoms with Gasteiger partial charge in [0.25, 0.3) is 0 Å². The Morgan fingerprint density at radius 1 is 1.31 bits per heavy atom. The molecule has 0 aliphatic heterocycles. The van der Waals surface area contributed by atoms with Crippen LogP contribution in [0, 0.1) is 6.92 Å². The van der Waals surface area contributed by atoms with Crippen molar-refractivity contribution >= 4 is 11.4 Å². The van der Waals surface area contributed by atoms with Crippen LogP contribution < -0.4 is 0 Å². The number of hydrogen-bond donors (Lipinski definition) is 0. The Bertz CT molecular complexity index is 300. The van der Waals surface area contributed by atoms with Crippen LogP contribution in [0.5, 0.6) is 0 Å². The normalized spacial score (nSPS) is 11.8. The minimum Gasteiger partial charge on any atom is -0.258 e. The Morgan fingerprint density at radius 2 is 2.00 bits per heavy atom. The standard InChI is InChI=1S/C12H17N/c1-4-7-11(3)13-12-9-6-5-8-10(12)2/h5-6,8-9H,4,7H2,1-3H3. The summed E-state index contributed by atoms with van der Waals surface area (Å²) in [6.45, 7) is 6.37. The minimum absolute atomic E-state index is 1.09. The van der Waals surface area contributed by atoms with Crippen molar-refractivity contribution in [2.45, 2.75) is 33.6 Å². The van der Waals surface area contributed by atoms with Gasteiger partial charge < -0.3 is 0 Å². The van der Waals surface area contributed by atoms with Crippen LogP contribution in [0.15, 0.2) is 29.3 Å². The molecular weight excluding hydrogens is 158 g/mol. The fraction of sp³-hybridized carbons (Fsp3) is 0.417. The molecule has 0 fully saturated rings. The summed E-state index contributed by atoms with van der Waals surface area (Å²) in [7, 11) is 0. The van der Waals surface area contributed by atoms with Gasteiger partial charge in [0.2, 0.25) is 0 Å². The number of hydrogen-bond acceptors (Lipinski definition) is 1. The average Bonchev–Trinajstić information content (AvgIpc) is 2.09. The summed E-state index contributed by atoms with van der Waals surface area (Å²) in [5.74, 6) is 0. The van der Waals surface area contributed by atoms with Gasteiger partial charge in [-0.05, 0) is 31.9 Å². The van der Waals surface area contributed by atoms with E-state index < -0.39 is 0 Å². The molecule has 0 heterocycles. The molecule has 0 radical (unpaired) electrons. The van der Waals surface area contributed by atoms with Crippen molar-refractivity contribution in [3.05, 3.63) is 29.8 Å². The lowest BCUT2D eigenvalue weighted by Gasteiger charge is -2.01. The van der Waals surface area contributed by atoms with Crippen molar-refractivity contribution in [1.29, 1.82) is 0 Å². The molecule has 0 bridgehead atoms. The molecule has 13 heavy (non-hydrogen) atoms. The van der Waals surface area contributed by atoms with Crippen LogP contribution in [0.25, 0.3) is 0 Å². The van der Waals surface area contributed by atoms with E-state index in [4.69, 9.17) is 0 Å². The zero-order chi connectivity index (χ0) is 9.68. The second-order valence-corrected chi connectivity index (χ2v) is 3.38. The van der Waals surface area contributed by atoms with Gasteiger partial charge in [-0.2, -0.15) is 0 Å². The van der Waals surface area contributed by atoms with Gasteiger partial charge in [0, 0.05) is 5.71 Å². The summed E-state index contributed by atoms with van der Waals surface area (Å²) >= 11 is 0. The highest BCUT2D eigenvalue weighted by atomic mass is 14.7. The van der Waals surface area contributed by atoms with Crippen LogP contribution in [-0.2, 0) is 0 Å². The fourth-order valence-electron chi connectivity index (χ4n) is 1.31. The highest BCUT2D eigenvalue weighted by Crippen LogP contribution is 2.17. The Hall–Kier alpha value is -1.11. The summed E-state index contributed by atoms with van der Waals surface area (Å²) in [5.41, 5.74) is 3.57. The fourth-order valence-corrected chi connectivity index (χ4v) is 1.31. The molecule has 0 unspecified atom stereocenters. The first-order chi connectivity index (χ1) is 6.24. The zero-order valence-electron chi connectivity index (χ0n) is 8.67. The van der Waals surface area contributed by atoms with Crippen molar-refractivity contribution in [3.63, 3.8) is 0 Å². The summed E-state index contributed by atoms with van der Waals surface area (Å²) in [6, 6.07) is 8.24. The Morgan fingerprint density at radius 3 is 2.62 bits per heavy atom. The second kappa shape index (κ2) is 4.80. The predicted octanol–water partition coefficient (Wildman–Crippen LogP) is 3.89. The smallest absolute Gasteiger partial charge is 0.0658 e. The SMILES string of the molecule is CCCC(C)=Nc1ccccc1C. The predicted molar refractivity (Wildman–Crippen MR) is 58.9 cm³/mol. The first-order valence-electron chi connectivity index (χ1n) is 4.84. The van der Waals surface area contributed by atoms with E-state index in [1.165, 1.54) is 17.7 Å². The molecule has 0 saturated heterocycles. The molecule has 0 amide bonds. The Kier molecular flexibility index (Phi) is 3.69. The molecule has 0 spiro atoms. The van der Waals surface area contributed by atoms with Crippen LogP contribution in [0.1, 0.15) is 32.3 Å². The van der Waals surface area contributed by atoms with Gasteiger partial charge >= 0.3 is 0 Å². The molecule has 1 aromatic carbocycles. The van der Waals surface area contributed by atoms with Crippen LogP contribution in [0.4, 0.5) is 5.69 Å². The lowest BCUT2D eigenvalue weighted by atomic mass is 10.2. The van der Waals surface area contributed by atoms with Gasteiger partial charge in [-0.15, -0.1) is 0 Å². The molecule has 1 nitrogen and oxygen atoms in total. The first-order valence-corrected chi connectivity index (χ1v) is 4.84. The van der Waals surface area contributed by atoms with Gasteiger partial charge in [-0.3, -0.25) is 4.99 Å². The number of para-hydroxylation sites is 1. The number of benzene rings is 1. The van der Waals surface area contributed by atoms with Crippen LogP contribution >= 0.6 is 0 Å². The third-order valence-corrected chi connectivity index (χ3v) is 2.04. The molecule has 0 aliphatic carbocycles. The van der Waals surface area contributed by atoms with Crippen LogP contribution in [0.3, 0.4) is 0 Å². The maximum absolute atomic E-state index is 4.56. The third kappa shape index (κ3) is 3.02. The molecule has 0 aromatic heterocycles. The molecule has 1 rings (SSSR count).